The molecular weight excluding hydrogens is 432 g/mol. The summed E-state index contributed by atoms with van der Waals surface area (Å²) < 4.78 is 0. The van der Waals surface area contributed by atoms with Crippen LogP contribution in [0.1, 0.15) is 49.8 Å². The molecule has 0 saturated heterocycles. The number of halogens is 2. The van der Waals surface area contributed by atoms with Gasteiger partial charge in [-0.1, -0.05) is 56.3 Å². The first kappa shape index (κ1) is 20.7. The van der Waals surface area contributed by atoms with E-state index in [1.54, 1.807) is 0 Å². The van der Waals surface area contributed by atoms with Gasteiger partial charge in [0.2, 0.25) is 0 Å². The Labute approximate surface area is 169 Å². The second-order valence-electron chi connectivity index (χ2n) is 6.67. The fourth-order valence-corrected chi connectivity index (χ4v) is 2.90. The van der Waals surface area contributed by atoms with Crippen molar-refractivity contribution in [3.05, 3.63) is 65.2 Å². The van der Waals surface area contributed by atoms with Crippen molar-refractivity contribution >= 4 is 23.2 Å². The fourth-order valence-electron chi connectivity index (χ4n) is 2.90. The van der Waals surface area contributed by atoms with Crippen molar-refractivity contribution < 1.29 is 26.0 Å². The van der Waals surface area contributed by atoms with E-state index in [1.165, 1.54) is 24.8 Å². The minimum atomic E-state index is -0.826. The summed E-state index contributed by atoms with van der Waals surface area (Å²) in [6.45, 7) is 4.29. The predicted octanol–water partition coefficient (Wildman–Crippen LogP) is 6.07. The average molecular weight is 456 g/mol. The summed E-state index contributed by atoms with van der Waals surface area (Å²) in [5.41, 5.74) is 2.70. The first-order valence-corrected chi connectivity index (χ1v) is 14.7. The van der Waals surface area contributed by atoms with Gasteiger partial charge in [0.05, 0.1) is 0 Å². The molecule has 0 spiro atoms. The average Bonchev–Trinajstić information content (AvgIpc) is 2.56. The molecular formula is C20H23Cl2NOZr. The number of hydrogen-bond acceptors (Lipinski definition) is 2. The normalized spacial score (nSPS) is 14.6. The zero-order valence-electron chi connectivity index (χ0n) is 14.5. The maximum atomic E-state index is 10.7. The van der Waals surface area contributed by atoms with Crippen LogP contribution in [0.4, 0.5) is 0 Å². The SMILES string of the molecule is CC(C)(c1ccccc1)c1cccc(C=NC2CCC2)c1O.[Cl][Zr][Cl]. The van der Waals surface area contributed by atoms with Crippen LogP contribution in [0.5, 0.6) is 5.75 Å². The number of nitrogens with zero attached hydrogens (tertiary/aromatic N) is 1. The molecule has 2 aromatic carbocycles. The van der Waals surface area contributed by atoms with E-state index in [0.29, 0.717) is 11.8 Å². The molecule has 25 heavy (non-hydrogen) atoms. The van der Waals surface area contributed by atoms with Gasteiger partial charge in [-0.2, -0.15) is 0 Å². The zero-order valence-corrected chi connectivity index (χ0v) is 18.5. The summed E-state index contributed by atoms with van der Waals surface area (Å²) in [6.07, 6.45) is 5.46. The number of aromatic hydroxyl groups is 1. The van der Waals surface area contributed by atoms with Gasteiger partial charge in [-0.3, -0.25) is 4.99 Å². The van der Waals surface area contributed by atoms with Crippen molar-refractivity contribution in [2.45, 2.75) is 44.6 Å². The number of phenols is 1. The Kier molecular flexibility index (Phi) is 8.19. The van der Waals surface area contributed by atoms with Gasteiger partial charge in [0.15, 0.2) is 0 Å². The number of aliphatic imine (C=N–C) groups is 1. The second-order valence-corrected chi connectivity index (χ2v) is 10.4. The summed E-state index contributed by atoms with van der Waals surface area (Å²) >= 11 is -0.826. The van der Waals surface area contributed by atoms with Gasteiger partial charge in [-0.05, 0) is 30.9 Å². The number of para-hydroxylation sites is 1. The third-order valence-corrected chi connectivity index (χ3v) is 4.74. The molecule has 5 heteroatoms. The van der Waals surface area contributed by atoms with Crippen molar-refractivity contribution in [1.29, 1.82) is 0 Å². The molecule has 0 heterocycles. The van der Waals surface area contributed by atoms with E-state index in [-0.39, 0.29) is 5.41 Å². The minimum absolute atomic E-state index is 0.244. The monoisotopic (exact) mass is 453 g/mol. The molecule has 0 radical (unpaired) electrons. The summed E-state index contributed by atoms with van der Waals surface area (Å²) in [6, 6.07) is 16.7. The van der Waals surface area contributed by atoms with E-state index in [1.807, 2.05) is 42.6 Å². The van der Waals surface area contributed by atoms with E-state index in [2.05, 4.69) is 31.0 Å². The molecule has 2 aromatic rings. The molecule has 2 nitrogen and oxygen atoms in total. The van der Waals surface area contributed by atoms with Gasteiger partial charge < -0.3 is 5.11 Å². The summed E-state index contributed by atoms with van der Waals surface area (Å²) in [5, 5.41) is 10.7. The van der Waals surface area contributed by atoms with Crippen molar-refractivity contribution in [3.63, 3.8) is 0 Å². The number of rotatable bonds is 4. The van der Waals surface area contributed by atoms with E-state index in [4.69, 9.17) is 17.0 Å². The molecule has 1 fully saturated rings. The third-order valence-electron chi connectivity index (χ3n) is 4.74. The van der Waals surface area contributed by atoms with Crippen molar-refractivity contribution in [3.8, 4) is 5.75 Å². The van der Waals surface area contributed by atoms with Gasteiger partial charge >= 0.3 is 37.9 Å². The molecule has 0 aromatic heterocycles. The van der Waals surface area contributed by atoms with Crippen LogP contribution in [0.25, 0.3) is 0 Å². The number of phenolic OH excluding ortho intramolecular Hbond substituents is 1. The summed E-state index contributed by atoms with van der Waals surface area (Å²) in [7, 11) is 9.87. The first-order chi connectivity index (χ1) is 12.0. The molecule has 1 saturated carbocycles. The molecule has 0 unspecified atom stereocenters. The molecule has 0 aliphatic heterocycles. The van der Waals surface area contributed by atoms with E-state index < -0.39 is 20.8 Å². The van der Waals surface area contributed by atoms with Gasteiger partial charge in [0, 0.05) is 28.8 Å². The molecule has 0 atom stereocenters. The van der Waals surface area contributed by atoms with Crippen molar-refractivity contribution in [2.24, 2.45) is 4.99 Å². The Morgan fingerprint density at radius 2 is 1.72 bits per heavy atom. The fraction of sp³-hybridized carbons (Fsp3) is 0.350. The Balaban J connectivity index is 0.000000701. The van der Waals surface area contributed by atoms with Crippen molar-refractivity contribution in [2.75, 3.05) is 0 Å². The topological polar surface area (TPSA) is 32.6 Å². The number of benzene rings is 2. The molecule has 1 N–H and O–H groups in total. The maximum absolute atomic E-state index is 10.7. The Bertz CT molecular complexity index is 700. The van der Waals surface area contributed by atoms with Crippen LogP contribution in [-0.4, -0.2) is 17.4 Å². The standard InChI is InChI=1S/C20H23NO.2ClH.Zr/c1-20(2,16-9-4-3-5-10-16)18-13-6-8-15(19(18)22)14-21-17-11-7-12-17;;;/h3-6,8-10,13-14,17,22H,7,11-12H2,1-2H3;2*1H;/q;;;+2/p-2. The van der Waals surface area contributed by atoms with Crippen LogP contribution >= 0.6 is 17.0 Å². The third kappa shape index (κ3) is 5.42. The van der Waals surface area contributed by atoms with Gasteiger partial charge in [0.1, 0.15) is 5.75 Å². The molecule has 132 valence electrons. The molecule has 1 aliphatic rings. The Morgan fingerprint density at radius 1 is 1.08 bits per heavy atom. The van der Waals surface area contributed by atoms with E-state index in [9.17, 15) is 5.11 Å². The Hall–Kier alpha value is -0.627. The van der Waals surface area contributed by atoms with Crippen LogP contribution in [0.3, 0.4) is 0 Å². The van der Waals surface area contributed by atoms with Crippen LogP contribution in [0.15, 0.2) is 53.5 Å². The van der Waals surface area contributed by atoms with Gasteiger partial charge in [-0.15, -0.1) is 0 Å². The van der Waals surface area contributed by atoms with Crippen molar-refractivity contribution in [1.82, 2.24) is 0 Å². The summed E-state index contributed by atoms with van der Waals surface area (Å²) in [4.78, 5) is 4.57. The quantitative estimate of drug-likeness (QED) is 0.558. The molecule has 3 rings (SSSR count). The predicted molar refractivity (Wildman–Crippen MR) is 104 cm³/mol. The van der Waals surface area contributed by atoms with Gasteiger partial charge in [0.25, 0.3) is 0 Å². The zero-order chi connectivity index (χ0) is 18.3. The molecule has 0 bridgehead atoms. The second kappa shape index (κ2) is 9.90. The molecule has 1 aliphatic carbocycles. The summed E-state index contributed by atoms with van der Waals surface area (Å²) in [5.74, 6) is 0.347. The van der Waals surface area contributed by atoms with E-state index >= 15 is 0 Å². The van der Waals surface area contributed by atoms with Crippen LogP contribution < -0.4 is 0 Å². The molecule has 0 amide bonds. The van der Waals surface area contributed by atoms with Crippen LogP contribution in [-0.2, 0) is 26.3 Å². The van der Waals surface area contributed by atoms with E-state index in [0.717, 1.165) is 11.1 Å². The van der Waals surface area contributed by atoms with Crippen LogP contribution in [0.2, 0.25) is 0 Å². The number of hydrogen-bond donors (Lipinski definition) is 1. The first-order valence-electron chi connectivity index (χ1n) is 8.38. The van der Waals surface area contributed by atoms with Gasteiger partial charge in [-0.25, -0.2) is 0 Å². The Morgan fingerprint density at radius 3 is 2.28 bits per heavy atom. The van der Waals surface area contributed by atoms with Crippen LogP contribution in [0, 0.1) is 0 Å².